The fourth-order valence-electron chi connectivity index (χ4n) is 5.63. The molecule has 1 aliphatic heterocycles. The standard InChI is InChI=1S/C34H60N2/c1-3-5-7-9-10-11-12-13-14-15-16-17-18-19-20-25-29-36-31-30-35(28-24-8-6-4-2)34(36)32-33-26-22-21-23-27-33/h21-23,26-27,30-31,34H,3-20,24-25,28-29,32H2,1-2H3. The fourth-order valence-corrected chi connectivity index (χ4v) is 5.63. The average molecular weight is 497 g/mol. The third-order valence-electron chi connectivity index (χ3n) is 8.02. The van der Waals surface area contributed by atoms with Gasteiger partial charge in [0.25, 0.3) is 0 Å². The van der Waals surface area contributed by atoms with Crippen LogP contribution in [0.3, 0.4) is 0 Å². The Labute approximate surface area is 225 Å². The molecule has 0 N–H and O–H groups in total. The first-order valence-electron chi connectivity index (χ1n) is 16.1. The third kappa shape index (κ3) is 14.3. The van der Waals surface area contributed by atoms with E-state index in [1.165, 1.54) is 147 Å². The molecule has 0 amide bonds. The van der Waals surface area contributed by atoms with E-state index in [-0.39, 0.29) is 0 Å². The van der Waals surface area contributed by atoms with Crippen molar-refractivity contribution < 1.29 is 0 Å². The molecule has 0 saturated heterocycles. The second kappa shape index (κ2) is 21.6. The predicted molar refractivity (Wildman–Crippen MR) is 160 cm³/mol. The Morgan fingerprint density at radius 2 is 0.833 bits per heavy atom. The zero-order chi connectivity index (χ0) is 25.5. The van der Waals surface area contributed by atoms with Gasteiger partial charge in [0.05, 0.1) is 0 Å². The Kier molecular flexibility index (Phi) is 18.5. The van der Waals surface area contributed by atoms with Gasteiger partial charge < -0.3 is 9.80 Å². The van der Waals surface area contributed by atoms with Gasteiger partial charge in [-0.05, 0) is 18.4 Å². The van der Waals surface area contributed by atoms with E-state index in [9.17, 15) is 0 Å². The predicted octanol–water partition coefficient (Wildman–Crippen LogP) is 10.5. The first-order chi connectivity index (χ1) is 17.8. The van der Waals surface area contributed by atoms with Crippen molar-refractivity contribution in [2.24, 2.45) is 0 Å². The lowest BCUT2D eigenvalue weighted by molar-refractivity contribution is 0.148. The lowest BCUT2D eigenvalue weighted by atomic mass is 10.0. The van der Waals surface area contributed by atoms with E-state index < -0.39 is 0 Å². The van der Waals surface area contributed by atoms with Gasteiger partial charge in [-0.15, -0.1) is 0 Å². The molecule has 1 atom stereocenters. The molecule has 0 aromatic heterocycles. The van der Waals surface area contributed by atoms with E-state index >= 15 is 0 Å². The molecule has 1 aliphatic rings. The maximum atomic E-state index is 2.62. The molecular weight excluding hydrogens is 436 g/mol. The van der Waals surface area contributed by atoms with Crippen LogP contribution in [0.25, 0.3) is 0 Å². The first-order valence-corrected chi connectivity index (χ1v) is 16.1. The summed E-state index contributed by atoms with van der Waals surface area (Å²) in [6.07, 6.45) is 34.7. The smallest absolute Gasteiger partial charge is 0.105 e. The van der Waals surface area contributed by atoms with Gasteiger partial charge in [0.15, 0.2) is 0 Å². The molecule has 1 aromatic carbocycles. The van der Waals surface area contributed by atoms with Gasteiger partial charge in [-0.1, -0.05) is 160 Å². The molecule has 0 bridgehead atoms. The third-order valence-corrected chi connectivity index (χ3v) is 8.02. The monoisotopic (exact) mass is 496 g/mol. The number of hydrogen-bond acceptors (Lipinski definition) is 2. The zero-order valence-electron chi connectivity index (χ0n) is 24.3. The SMILES string of the molecule is CCCCCCCCCCCCCCCCCCN1C=CN(CCCCCC)C1Cc1ccccc1. The molecule has 206 valence electrons. The van der Waals surface area contributed by atoms with E-state index in [1.807, 2.05) is 0 Å². The molecule has 2 nitrogen and oxygen atoms in total. The minimum Gasteiger partial charge on any atom is -0.356 e. The van der Waals surface area contributed by atoms with Crippen molar-refractivity contribution in [1.82, 2.24) is 9.80 Å². The van der Waals surface area contributed by atoms with Crippen LogP contribution in [0.1, 0.15) is 148 Å². The molecule has 0 fully saturated rings. The Bertz CT molecular complexity index is 625. The summed E-state index contributed by atoms with van der Waals surface area (Å²) in [4.78, 5) is 5.23. The summed E-state index contributed by atoms with van der Waals surface area (Å²) >= 11 is 0. The van der Waals surface area contributed by atoms with Crippen molar-refractivity contribution in [3.63, 3.8) is 0 Å². The largest absolute Gasteiger partial charge is 0.356 e. The number of hydrogen-bond donors (Lipinski definition) is 0. The summed E-state index contributed by atoms with van der Waals surface area (Å²) in [5.74, 6) is 0. The summed E-state index contributed by atoms with van der Waals surface area (Å²) in [6.45, 7) is 7.01. The molecule has 0 spiro atoms. The van der Waals surface area contributed by atoms with Crippen LogP contribution in [0.2, 0.25) is 0 Å². The van der Waals surface area contributed by atoms with Crippen LogP contribution in [0, 0.1) is 0 Å². The Morgan fingerprint density at radius 1 is 0.472 bits per heavy atom. The van der Waals surface area contributed by atoms with Crippen LogP contribution >= 0.6 is 0 Å². The first kappa shape index (κ1) is 30.8. The lowest BCUT2D eigenvalue weighted by Gasteiger charge is -2.33. The van der Waals surface area contributed by atoms with Crippen LogP contribution in [-0.4, -0.2) is 29.1 Å². The molecule has 1 unspecified atom stereocenters. The normalized spacial score (nSPS) is 15.3. The van der Waals surface area contributed by atoms with Crippen LogP contribution in [0.15, 0.2) is 42.7 Å². The molecule has 36 heavy (non-hydrogen) atoms. The Hall–Kier alpha value is -1.44. The Morgan fingerprint density at radius 3 is 1.25 bits per heavy atom. The van der Waals surface area contributed by atoms with Crippen LogP contribution < -0.4 is 0 Å². The molecule has 0 radical (unpaired) electrons. The number of benzene rings is 1. The maximum Gasteiger partial charge on any atom is 0.105 e. The van der Waals surface area contributed by atoms with Crippen molar-refractivity contribution in [1.29, 1.82) is 0 Å². The van der Waals surface area contributed by atoms with Gasteiger partial charge in [0.2, 0.25) is 0 Å². The van der Waals surface area contributed by atoms with Gasteiger partial charge in [-0.25, -0.2) is 0 Å². The van der Waals surface area contributed by atoms with Crippen molar-refractivity contribution in [2.45, 2.75) is 155 Å². The van der Waals surface area contributed by atoms with Crippen molar-refractivity contribution >= 4 is 0 Å². The topological polar surface area (TPSA) is 6.48 Å². The average Bonchev–Trinajstić information content (AvgIpc) is 3.28. The lowest BCUT2D eigenvalue weighted by Crippen LogP contribution is -2.41. The second-order valence-electron chi connectivity index (χ2n) is 11.3. The van der Waals surface area contributed by atoms with Crippen molar-refractivity contribution in [3.05, 3.63) is 48.3 Å². The highest BCUT2D eigenvalue weighted by molar-refractivity contribution is 5.17. The molecule has 1 aromatic rings. The van der Waals surface area contributed by atoms with Gasteiger partial charge in [0.1, 0.15) is 6.17 Å². The molecule has 0 aliphatic carbocycles. The van der Waals surface area contributed by atoms with Gasteiger partial charge in [-0.3, -0.25) is 0 Å². The van der Waals surface area contributed by atoms with E-state index in [4.69, 9.17) is 0 Å². The number of unbranched alkanes of at least 4 members (excludes halogenated alkanes) is 18. The van der Waals surface area contributed by atoms with Crippen LogP contribution in [-0.2, 0) is 6.42 Å². The minimum atomic E-state index is 0.505. The van der Waals surface area contributed by atoms with Crippen LogP contribution in [0.4, 0.5) is 0 Å². The highest BCUT2D eigenvalue weighted by Gasteiger charge is 2.25. The van der Waals surface area contributed by atoms with Gasteiger partial charge in [-0.2, -0.15) is 0 Å². The molecule has 1 heterocycles. The molecular formula is C34H60N2. The quantitative estimate of drug-likeness (QED) is 0.131. The number of nitrogens with zero attached hydrogens (tertiary/aromatic N) is 2. The number of rotatable bonds is 24. The van der Waals surface area contributed by atoms with Gasteiger partial charge >= 0.3 is 0 Å². The van der Waals surface area contributed by atoms with Crippen LogP contribution in [0.5, 0.6) is 0 Å². The van der Waals surface area contributed by atoms with E-state index in [2.05, 4.69) is 66.4 Å². The van der Waals surface area contributed by atoms with E-state index in [0.717, 1.165) is 6.42 Å². The minimum absolute atomic E-state index is 0.505. The fraction of sp³-hybridized carbons (Fsp3) is 0.765. The zero-order valence-corrected chi connectivity index (χ0v) is 24.3. The highest BCUT2D eigenvalue weighted by Crippen LogP contribution is 2.22. The summed E-state index contributed by atoms with van der Waals surface area (Å²) in [5, 5.41) is 0. The Balaban J connectivity index is 1.51. The van der Waals surface area contributed by atoms with E-state index in [1.54, 1.807) is 0 Å². The summed E-state index contributed by atoms with van der Waals surface area (Å²) < 4.78 is 0. The summed E-state index contributed by atoms with van der Waals surface area (Å²) in [5.41, 5.74) is 1.46. The van der Waals surface area contributed by atoms with E-state index in [0.29, 0.717) is 6.17 Å². The maximum absolute atomic E-state index is 2.62. The van der Waals surface area contributed by atoms with Crippen molar-refractivity contribution in [3.8, 4) is 0 Å². The second-order valence-corrected chi connectivity index (χ2v) is 11.3. The molecule has 0 saturated carbocycles. The summed E-state index contributed by atoms with van der Waals surface area (Å²) in [6, 6.07) is 11.1. The molecule has 2 heteroatoms. The summed E-state index contributed by atoms with van der Waals surface area (Å²) in [7, 11) is 0. The van der Waals surface area contributed by atoms with Gasteiger partial charge in [0, 0.05) is 31.9 Å². The molecule has 2 rings (SSSR count). The van der Waals surface area contributed by atoms with Crippen molar-refractivity contribution in [2.75, 3.05) is 13.1 Å². The highest BCUT2D eigenvalue weighted by atomic mass is 15.4.